The molecule has 1 fully saturated rings. The van der Waals surface area contributed by atoms with Crippen molar-refractivity contribution in [2.24, 2.45) is 11.8 Å². The Hall–Kier alpha value is -2.56. The lowest BCUT2D eigenvalue weighted by Crippen LogP contribution is -2.69. The molecule has 2 aliphatic rings. The lowest BCUT2D eigenvalue weighted by molar-refractivity contribution is -0.190. The highest BCUT2D eigenvalue weighted by molar-refractivity contribution is 6.01. The zero-order valence-corrected chi connectivity index (χ0v) is 12.8. The second kappa shape index (κ2) is 5.33. The van der Waals surface area contributed by atoms with E-state index in [1.54, 1.807) is 6.92 Å². The summed E-state index contributed by atoms with van der Waals surface area (Å²) in [6.07, 6.45) is 1.28. The molecule has 0 saturated carbocycles. The molecule has 118 valence electrons. The SMILES string of the molecule is CCOC(=O)[C@@H]1C=C(C#N)O[C@@]2(C)[C@H]1C(=O)N(C)C(=O)N2C. The van der Waals surface area contributed by atoms with Gasteiger partial charge in [0.05, 0.1) is 12.5 Å². The van der Waals surface area contributed by atoms with E-state index in [1.165, 1.54) is 32.0 Å². The maximum Gasteiger partial charge on any atom is 0.329 e. The van der Waals surface area contributed by atoms with E-state index in [0.29, 0.717) is 0 Å². The summed E-state index contributed by atoms with van der Waals surface area (Å²) in [6.45, 7) is 3.31. The number of fused-ring (bicyclic) bond motifs is 1. The van der Waals surface area contributed by atoms with Gasteiger partial charge < -0.3 is 9.47 Å². The fourth-order valence-electron chi connectivity index (χ4n) is 2.79. The first-order valence-corrected chi connectivity index (χ1v) is 6.80. The van der Waals surface area contributed by atoms with Gasteiger partial charge in [-0.3, -0.25) is 19.4 Å². The van der Waals surface area contributed by atoms with Gasteiger partial charge >= 0.3 is 12.0 Å². The Morgan fingerprint density at radius 1 is 1.50 bits per heavy atom. The predicted molar refractivity (Wildman–Crippen MR) is 72.7 cm³/mol. The molecule has 22 heavy (non-hydrogen) atoms. The van der Waals surface area contributed by atoms with Crippen LogP contribution in [0.2, 0.25) is 0 Å². The van der Waals surface area contributed by atoms with Crippen molar-refractivity contribution in [3.05, 3.63) is 11.8 Å². The Bertz CT molecular complexity index is 608. The number of esters is 1. The third kappa shape index (κ3) is 2.09. The molecule has 0 aliphatic carbocycles. The van der Waals surface area contributed by atoms with Crippen LogP contribution in [0.25, 0.3) is 0 Å². The zero-order chi connectivity index (χ0) is 16.7. The molecule has 8 heteroatoms. The van der Waals surface area contributed by atoms with Gasteiger partial charge in [-0.15, -0.1) is 0 Å². The Morgan fingerprint density at radius 2 is 2.14 bits per heavy atom. The first kappa shape index (κ1) is 15.8. The molecular formula is C14H17N3O5. The highest BCUT2D eigenvalue weighted by Gasteiger charge is 2.60. The third-order valence-electron chi connectivity index (χ3n) is 4.09. The molecular weight excluding hydrogens is 290 g/mol. The fraction of sp³-hybridized carbons (Fsp3) is 0.571. The van der Waals surface area contributed by atoms with Crippen LogP contribution in [0.15, 0.2) is 11.8 Å². The van der Waals surface area contributed by atoms with Gasteiger partial charge in [0.2, 0.25) is 5.91 Å². The number of rotatable bonds is 2. The normalized spacial score (nSPS) is 31.0. The summed E-state index contributed by atoms with van der Waals surface area (Å²) in [7, 11) is 2.80. The van der Waals surface area contributed by atoms with E-state index in [1.807, 2.05) is 6.07 Å². The van der Waals surface area contributed by atoms with E-state index < -0.39 is 35.5 Å². The minimum absolute atomic E-state index is 0.117. The number of carbonyl (C=O) groups excluding carboxylic acids is 3. The average Bonchev–Trinajstić information content (AvgIpc) is 2.50. The molecule has 0 aromatic rings. The number of urea groups is 1. The molecule has 2 aliphatic heterocycles. The minimum atomic E-state index is -1.42. The van der Waals surface area contributed by atoms with Gasteiger partial charge in [-0.2, -0.15) is 5.26 Å². The lowest BCUT2D eigenvalue weighted by Gasteiger charge is -2.51. The Labute approximate surface area is 127 Å². The van der Waals surface area contributed by atoms with Crippen molar-refractivity contribution in [1.82, 2.24) is 9.80 Å². The summed E-state index contributed by atoms with van der Waals surface area (Å²) in [5, 5.41) is 9.10. The molecule has 0 spiro atoms. The molecule has 3 amide bonds. The third-order valence-corrected chi connectivity index (χ3v) is 4.09. The first-order valence-electron chi connectivity index (χ1n) is 6.80. The smallest absolute Gasteiger partial charge is 0.329 e. The number of hydrogen-bond acceptors (Lipinski definition) is 6. The number of carbonyl (C=O) groups is 3. The number of imide groups is 1. The van der Waals surface area contributed by atoms with Crippen LogP contribution in [0.3, 0.4) is 0 Å². The summed E-state index contributed by atoms with van der Waals surface area (Å²) < 4.78 is 10.5. The molecule has 0 aromatic carbocycles. The Kier molecular flexibility index (Phi) is 3.83. The number of allylic oxidation sites excluding steroid dienone is 1. The van der Waals surface area contributed by atoms with Gasteiger partial charge in [0, 0.05) is 14.1 Å². The molecule has 0 N–H and O–H groups in total. The maximum atomic E-state index is 12.5. The summed E-state index contributed by atoms with van der Waals surface area (Å²) in [5.74, 6) is -3.25. The van der Waals surface area contributed by atoms with E-state index in [-0.39, 0.29) is 12.4 Å². The van der Waals surface area contributed by atoms with Crippen LogP contribution >= 0.6 is 0 Å². The maximum absolute atomic E-state index is 12.5. The quantitative estimate of drug-likeness (QED) is 0.687. The zero-order valence-electron chi connectivity index (χ0n) is 12.8. The van der Waals surface area contributed by atoms with Crippen molar-refractivity contribution < 1.29 is 23.9 Å². The molecule has 0 bridgehead atoms. The summed E-state index contributed by atoms with van der Waals surface area (Å²) in [5.41, 5.74) is -1.42. The molecule has 0 radical (unpaired) electrons. The molecule has 3 atom stereocenters. The van der Waals surface area contributed by atoms with Crippen LogP contribution in [0, 0.1) is 23.2 Å². The lowest BCUT2D eigenvalue weighted by atomic mass is 9.78. The monoisotopic (exact) mass is 307 g/mol. The Balaban J connectivity index is 2.56. The standard InChI is InChI=1S/C14H17N3O5/c1-5-21-12(19)9-6-8(7-15)22-14(2)10(9)11(18)16(3)13(20)17(14)4/h6,9-10H,5H2,1-4H3/t9-,10-,14+/m1/s1. The van der Waals surface area contributed by atoms with Crippen molar-refractivity contribution in [2.45, 2.75) is 19.6 Å². The minimum Gasteiger partial charge on any atom is -0.466 e. The highest BCUT2D eigenvalue weighted by atomic mass is 16.5. The van der Waals surface area contributed by atoms with Gasteiger partial charge in [0.25, 0.3) is 0 Å². The van der Waals surface area contributed by atoms with Crippen LogP contribution in [-0.4, -0.2) is 54.1 Å². The summed E-state index contributed by atoms with van der Waals surface area (Å²) in [4.78, 5) is 39.0. The van der Waals surface area contributed by atoms with Crippen molar-refractivity contribution >= 4 is 17.9 Å². The molecule has 1 saturated heterocycles. The van der Waals surface area contributed by atoms with E-state index in [9.17, 15) is 14.4 Å². The van der Waals surface area contributed by atoms with E-state index in [0.717, 1.165) is 4.90 Å². The van der Waals surface area contributed by atoms with E-state index in [4.69, 9.17) is 14.7 Å². The topological polar surface area (TPSA) is 99.9 Å². The molecule has 2 heterocycles. The summed E-state index contributed by atoms with van der Waals surface area (Å²) >= 11 is 0. The number of nitriles is 1. The van der Waals surface area contributed by atoms with E-state index in [2.05, 4.69) is 0 Å². The average molecular weight is 307 g/mol. The number of nitrogens with zero attached hydrogens (tertiary/aromatic N) is 3. The molecule has 2 rings (SSSR count). The summed E-state index contributed by atoms with van der Waals surface area (Å²) in [6, 6.07) is 1.25. The van der Waals surface area contributed by atoms with Gasteiger partial charge in [-0.1, -0.05) is 0 Å². The van der Waals surface area contributed by atoms with Crippen LogP contribution in [0.5, 0.6) is 0 Å². The fourth-order valence-corrected chi connectivity index (χ4v) is 2.79. The van der Waals surface area contributed by atoms with Crippen LogP contribution in [0.4, 0.5) is 4.79 Å². The van der Waals surface area contributed by atoms with Gasteiger partial charge in [0.15, 0.2) is 11.5 Å². The van der Waals surface area contributed by atoms with Crippen molar-refractivity contribution in [1.29, 1.82) is 5.26 Å². The van der Waals surface area contributed by atoms with Crippen molar-refractivity contribution in [3.8, 4) is 6.07 Å². The van der Waals surface area contributed by atoms with Crippen LogP contribution in [-0.2, 0) is 19.1 Å². The second-order valence-electron chi connectivity index (χ2n) is 5.29. The predicted octanol–water partition coefficient (Wildman–Crippen LogP) is 0.460. The van der Waals surface area contributed by atoms with E-state index >= 15 is 0 Å². The van der Waals surface area contributed by atoms with Gasteiger partial charge in [-0.05, 0) is 19.9 Å². The highest BCUT2D eigenvalue weighted by Crippen LogP contribution is 2.43. The molecule has 8 nitrogen and oxygen atoms in total. The largest absolute Gasteiger partial charge is 0.466 e. The number of amides is 3. The van der Waals surface area contributed by atoms with Crippen LogP contribution < -0.4 is 0 Å². The van der Waals surface area contributed by atoms with Crippen molar-refractivity contribution in [3.63, 3.8) is 0 Å². The van der Waals surface area contributed by atoms with Gasteiger partial charge in [-0.25, -0.2) is 4.79 Å². The van der Waals surface area contributed by atoms with Crippen molar-refractivity contribution in [2.75, 3.05) is 20.7 Å². The first-order chi connectivity index (χ1) is 10.3. The Morgan fingerprint density at radius 3 is 2.68 bits per heavy atom. The van der Waals surface area contributed by atoms with Gasteiger partial charge in [0.1, 0.15) is 12.0 Å². The molecule has 0 unspecified atom stereocenters. The van der Waals surface area contributed by atoms with Crippen LogP contribution in [0.1, 0.15) is 13.8 Å². The molecule has 0 aromatic heterocycles. The number of ether oxygens (including phenoxy) is 2. The second-order valence-corrected chi connectivity index (χ2v) is 5.29. The number of hydrogen-bond donors (Lipinski definition) is 0.